The summed E-state index contributed by atoms with van der Waals surface area (Å²) in [5.41, 5.74) is 23.4. The molecule has 2 saturated heterocycles. The zero-order chi connectivity index (χ0) is 51.9. The highest BCUT2D eigenvalue weighted by atomic mass is 32.1. The van der Waals surface area contributed by atoms with Crippen molar-refractivity contribution in [1.82, 2.24) is 40.2 Å². The SMILES string of the molecule is CC(C)C(C(=O)N1CCC(O)C1)c1cc(OCC2CCC(N3CCC(c4cnc(N5CCc6[nH]c(N)c(/C=C(\N)c7ccccc7O)c6C5C)nc4)CC3)CC2)no1.Cc1ncsc1-c1ccc(CNC=O)cc1. The maximum atomic E-state index is 13.2. The Morgan fingerprint density at radius 2 is 1.74 bits per heavy atom. The monoisotopic (exact) mass is 1030 g/mol. The third-order valence-electron chi connectivity index (χ3n) is 15.5. The Balaban J connectivity index is 0.000000357. The highest BCUT2D eigenvalue weighted by Crippen LogP contribution is 2.40. The first-order chi connectivity index (χ1) is 35.8. The number of para-hydroxylation sites is 1. The van der Waals surface area contributed by atoms with Crippen LogP contribution in [0.1, 0.15) is 129 Å². The number of nitrogens with zero attached hydrogens (tertiary/aromatic N) is 7. The van der Waals surface area contributed by atoms with Crippen LogP contribution < -0.4 is 26.4 Å². The predicted molar refractivity (Wildman–Crippen MR) is 288 cm³/mol. The number of thiazole rings is 1. The van der Waals surface area contributed by atoms with Gasteiger partial charge < -0.3 is 55.9 Å². The van der Waals surface area contributed by atoms with E-state index in [1.807, 2.05) is 63.0 Å². The molecule has 2 amide bonds. The summed E-state index contributed by atoms with van der Waals surface area (Å²) in [5, 5.41) is 27.1. The summed E-state index contributed by atoms with van der Waals surface area (Å²) in [5.74, 6) is 2.85. The molecular weight excluding hydrogens is 955 g/mol. The molecule has 0 radical (unpaired) electrons. The smallest absolute Gasteiger partial charge is 0.254 e. The van der Waals surface area contributed by atoms with Crippen LogP contribution in [0.3, 0.4) is 0 Å². The van der Waals surface area contributed by atoms with Crippen molar-refractivity contribution in [3.8, 4) is 22.1 Å². The Kier molecular flexibility index (Phi) is 16.6. The van der Waals surface area contributed by atoms with Gasteiger partial charge in [-0.1, -0.05) is 50.2 Å². The van der Waals surface area contributed by atoms with Crippen LogP contribution in [0.2, 0.25) is 0 Å². The first kappa shape index (κ1) is 52.1. The molecule has 4 aliphatic rings. The number of carbonyl (C=O) groups is 2. The largest absolute Gasteiger partial charge is 0.507 e. The molecule has 4 aromatic heterocycles. The standard InChI is InChI=1S/C44H59N9O5.C12H12N2OS/c1-26(2)40(43(56)52-18-14-32(54)24-52)38-21-39(50-58-38)57-25-28-8-10-31(11-9-28)51-16-12-29(13-17-51)30-22-47-44(48-23-30)53-19-15-36-41(27(53)3)34(42(46)49-36)20-35(45)33-6-4-5-7-37(33)55;1-9-12(16-8-14-9)11-4-2-10(3-5-11)6-13-7-15/h4-7,20-23,26-29,31-32,40,49,54-55H,8-19,24-25,45-46H2,1-3H3;2-5,7-8H,6H2,1H3,(H,13,15)/b35-20-;. The molecule has 6 aromatic rings. The molecule has 18 heteroatoms. The van der Waals surface area contributed by atoms with Gasteiger partial charge in [0, 0.05) is 85.2 Å². The lowest BCUT2D eigenvalue weighted by molar-refractivity contribution is -0.133. The number of aryl methyl sites for hydroxylation is 1. The molecule has 3 atom stereocenters. The molecule has 8 N–H and O–H groups in total. The lowest BCUT2D eigenvalue weighted by Gasteiger charge is -2.40. The van der Waals surface area contributed by atoms with E-state index in [1.165, 1.54) is 16.0 Å². The summed E-state index contributed by atoms with van der Waals surface area (Å²) in [6, 6.07) is 17.5. The van der Waals surface area contributed by atoms with E-state index in [4.69, 9.17) is 30.7 Å². The highest BCUT2D eigenvalue weighted by molar-refractivity contribution is 7.13. The van der Waals surface area contributed by atoms with Crippen LogP contribution in [0.4, 0.5) is 11.8 Å². The number of β-amino-alcohol motifs (C(OH)–C–C–N with tert-alkyl or cyclic N) is 1. The number of piperidine rings is 1. The average Bonchev–Trinajstić information content (AvgIpc) is 4.24. The number of nitrogens with one attached hydrogen (secondary N) is 2. The molecule has 392 valence electrons. The van der Waals surface area contributed by atoms with Crippen molar-refractivity contribution < 1.29 is 29.1 Å². The summed E-state index contributed by atoms with van der Waals surface area (Å²) in [7, 11) is 0. The van der Waals surface area contributed by atoms with Crippen molar-refractivity contribution in [3.05, 3.63) is 117 Å². The van der Waals surface area contributed by atoms with E-state index < -0.39 is 12.0 Å². The fourth-order valence-electron chi connectivity index (χ4n) is 11.3. The summed E-state index contributed by atoms with van der Waals surface area (Å²) in [6.07, 6.45) is 14.3. The van der Waals surface area contributed by atoms with Crippen molar-refractivity contribution in [2.45, 2.75) is 116 Å². The van der Waals surface area contributed by atoms with E-state index in [0.29, 0.717) is 91.6 Å². The molecule has 0 spiro atoms. The molecule has 3 unspecified atom stereocenters. The van der Waals surface area contributed by atoms with Crippen LogP contribution in [-0.4, -0.2) is 109 Å². The Labute approximate surface area is 437 Å². The number of phenols is 1. The number of aromatic hydroxyl groups is 1. The molecule has 3 aliphatic heterocycles. The normalized spacial score (nSPS) is 21.0. The fourth-order valence-corrected chi connectivity index (χ4v) is 12.1. The number of aliphatic hydroxyl groups excluding tert-OH is 1. The van der Waals surface area contributed by atoms with Gasteiger partial charge in [-0.3, -0.25) is 9.59 Å². The number of fused-ring (bicyclic) bond motifs is 1. The van der Waals surface area contributed by atoms with Crippen molar-refractivity contribution in [2.24, 2.45) is 17.6 Å². The fraction of sp³-hybridized carbons (Fsp3) is 0.464. The number of anilines is 2. The van der Waals surface area contributed by atoms with Crippen molar-refractivity contribution >= 4 is 47.2 Å². The molecule has 74 heavy (non-hydrogen) atoms. The van der Waals surface area contributed by atoms with Gasteiger partial charge in [0.15, 0.2) is 5.76 Å². The first-order valence-electron chi connectivity index (χ1n) is 26.2. The summed E-state index contributed by atoms with van der Waals surface area (Å²) >= 11 is 1.64. The summed E-state index contributed by atoms with van der Waals surface area (Å²) < 4.78 is 11.7. The lowest BCUT2D eigenvalue weighted by atomic mass is 9.83. The van der Waals surface area contributed by atoms with Gasteiger partial charge in [0.05, 0.1) is 34.8 Å². The van der Waals surface area contributed by atoms with Crippen LogP contribution in [0.15, 0.2) is 77.0 Å². The number of carbonyl (C=O) groups excluding carboxylic acids is 2. The molecule has 1 saturated carbocycles. The molecular formula is C56H71N11O6S. The van der Waals surface area contributed by atoms with E-state index in [2.05, 4.69) is 49.3 Å². The van der Waals surface area contributed by atoms with Crippen molar-refractivity contribution in [1.29, 1.82) is 0 Å². The van der Waals surface area contributed by atoms with Crippen LogP contribution in [0, 0.1) is 18.8 Å². The van der Waals surface area contributed by atoms with Gasteiger partial charge in [-0.05, 0) is 130 Å². The number of amides is 2. The Morgan fingerprint density at radius 3 is 2.41 bits per heavy atom. The predicted octanol–water partition coefficient (Wildman–Crippen LogP) is 8.18. The third kappa shape index (κ3) is 11.9. The number of aromatic amines is 1. The number of nitrogens with two attached hydrogens (primary N) is 2. The first-order valence-corrected chi connectivity index (χ1v) is 27.0. The van der Waals surface area contributed by atoms with Crippen molar-refractivity contribution in [2.75, 3.05) is 50.0 Å². The van der Waals surface area contributed by atoms with Gasteiger partial charge in [-0.2, -0.15) is 0 Å². The number of rotatable bonds is 15. The van der Waals surface area contributed by atoms with E-state index in [0.717, 1.165) is 92.7 Å². The lowest BCUT2D eigenvalue weighted by Crippen LogP contribution is -2.43. The van der Waals surface area contributed by atoms with Gasteiger partial charge in [0.25, 0.3) is 5.88 Å². The maximum Gasteiger partial charge on any atom is 0.254 e. The molecule has 10 rings (SSSR count). The molecule has 3 fully saturated rings. The Bertz CT molecular complexity index is 2850. The molecule has 2 aromatic carbocycles. The molecule has 0 bridgehead atoms. The van der Waals surface area contributed by atoms with E-state index >= 15 is 0 Å². The molecule has 1 aliphatic carbocycles. The summed E-state index contributed by atoms with van der Waals surface area (Å²) in [4.78, 5) is 48.6. The minimum atomic E-state index is -0.456. The van der Waals surface area contributed by atoms with Crippen LogP contribution in [0.25, 0.3) is 22.2 Å². The van der Waals surface area contributed by atoms with Crippen LogP contribution in [-0.2, 0) is 22.6 Å². The second-order valence-electron chi connectivity index (χ2n) is 20.7. The average molecular weight is 1030 g/mol. The molecule has 17 nitrogen and oxygen atoms in total. The number of likely N-dealkylation sites (tertiary alicyclic amines) is 2. The van der Waals surface area contributed by atoms with E-state index in [-0.39, 0.29) is 23.6 Å². The maximum absolute atomic E-state index is 13.2. The Morgan fingerprint density at radius 1 is 1.00 bits per heavy atom. The van der Waals surface area contributed by atoms with Gasteiger partial charge in [0.2, 0.25) is 18.3 Å². The number of ether oxygens (including phenoxy) is 1. The Hall–Kier alpha value is -6.76. The highest BCUT2D eigenvalue weighted by Gasteiger charge is 2.36. The number of aromatic nitrogens is 5. The van der Waals surface area contributed by atoms with Gasteiger partial charge >= 0.3 is 0 Å². The minimum absolute atomic E-state index is 0.0214. The second-order valence-corrected chi connectivity index (χ2v) is 21.5. The number of nitrogen functional groups attached to an aromatic ring is 1. The number of phenolic OH excluding ortho intramolecular Hbond substituents is 1. The number of benzene rings is 2. The topological polar surface area (TPSA) is 238 Å². The minimum Gasteiger partial charge on any atom is -0.507 e. The van der Waals surface area contributed by atoms with Gasteiger partial charge in [-0.15, -0.1) is 11.3 Å². The second kappa shape index (κ2) is 23.6. The van der Waals surface area contributed by atoms with E-state index in [9.17, 15) is 19.8 Å². The van der Waals surface area contributed by atoms with Crippen LogP contribution >= 0.6 is 11.3 Å². The quantitative estimate of drug-likeness (QED) is 0.0532. The molecule has 7 heterocycles. The number of hydrogen-bond donors (Lipinski definition) is 6. The zero-order valence-corrected chi connectivity index (χ0v) is 43.8. The van der Waals surface area contributed by atoms with Crippen LogP contribution in [0.5, 0.6) is 11.6 Å². The van der Waals surface area contributed by atoms with Crippen molar-refractivity contribution in [3.63, 3.8) is 0 Å². The number of hydrogen-bond acceptors (Lipinski definition) is 15. The van der Waals surface area contributed by atoms with E-state index in [1.54, 1.807) is 40.5 Å². The summed E-state index contributed by atoms with van der Waals surface area (Å²) in [6.45, 7) is 13.2. The van der Waals surface area contributed by atoms with Gasteiger partial charge in [0.1, 0.15) is 17.5 Å². The zero-order valence-electron chi connectivity index (χ0n) is 43.0. The number of aliphatic hydroxyl groups is 1. The third-order valence-corrected chi connectivity index (χ3v) is 16.5. The van der Waals surface area contributed by atoms with Gasteiger partial charge in [-0.25, -0.2) is 15.0 Å². The number of H-pyrrole nitrogens is 1.